The number of nitrogens with zero attached hydrogens (tertiary/aromatic N) is 2. The van der Waals surface area contributed by atoms with Crippen LogP contribution in [0.25, 0.3) is 10.2 Å². The van der Waals surface area contributed by atoms with Gasteiger partial charge in [-0.05, 0) is 12.0 Å². The molecule has 3 heterocycles. The van der Waals surface area contributed by atoms with Crippen LogP contribution < -0.4 is 10.7 Å². The Hall–Kier alpha value is -1.09. The van der Waals surface area contributed by atoms with Crippen LogP contribution in [-0.2, 0) is 24.1 Å². The van der Waals surface area contributed by atoms with Crippen molar-refractivity contribution in [3.63, 3.8) is 0 Å². The van der Waals surface area contributed by atoms with E-state index >= 15 is 0 Å². The summed E-state index contributed by atoms with van der Waals surface area (Å²) in [6.07, 6.45) is 2.17. The Labute approximate surface area is 103 Å². The van der Waals surface area contributed by atoms with Crippen molar-refractivity contribution in [3.05, 3.63) is 27.1 Å². The highest BCUT2D eigenvalue weighted by Gasteiger charge is 2.24. The average Bonchev–Trinajstić information content (AvgIpc) is 2.67. The van der Waals surface area contributed by atoms with Crippen LogP contribution in [0, 0.1) is 0 Å². The van der Waals surface area contributed by atoms with Crippen molar-refractivity contribution in [3.8, 4) is 0 Å². The highest BCUT2D eigenvalue weighted by Crippen LogP contribution is 2.31. The number of aromatic amines is 1. The molecule has 3 N–H and O–H groups in total. The molecular formula is C9H10N4O2S2. The summed E-state index contributed by atoms with van der Waals surface area (Å²) in [6.45, 7) is 1.11. The summed E-state index contributed by atoms with van der Waals surface area (Å²) < 4.78 is 12.9. The van der Waals surface area contributed by atoms with Crippen LogP contribution in [0.5, 0.6) is 0 Å². The number of thiophene rings is 1. The quantitative estimate of drug-likeness (QED) is 0.756. The SMILES string of the molecule is NS(=O)N1CCc2sc3nc[nH]c(=O)c3c2C1. The number of fused-ring (bicyclic) bond motifs is 3. The summed E-state index contributed by atoms with van der Waals surface area (Å²) in [5, 5.41) is 5.99. The number of nitrogens with one attached hydrogen (secondary N) is 1. The van der Waals surface area contributed by atoms with Crippen molar-refractivity contribution >= 4 is 32.7 Å². The first kappa shape index (κ1) is 11.0. The minimum absolute atomic E-state index is 0.142. The first-order valence-electron chi connectivity index (χ1n) is 5.06. The maximum Gasteiger partial charge on any atom is 0.259 e. The Kier molecular flexibility index (Phi) is 2.58. The second-order valence-corrected chi connectivity index (χ2v) is 5.96. The van der Waals surface area contributed by atoms with Crippen LogP contribution >= 0.6 is 11.3 Å². The third-order valence-electron chi connectivity index (χ3n) is 2.85. The number of hydrogen-bond donors (Lipinski definition) is 2. The van der Waals surface area contributed by atoms with Crippen LogP contribution in [0.2, 0.25) is 0 Å². The lowest BCUT2D eigenvalue weighted by atomic mass is 10.1. The van der Waals surface area contributed by atoms with Crippen molar-refractivity contribution in [2.24, 2.45) is 5.14 Å². The Morgan fingerprint density at radius 2 is 2.41 bits per heavy atom. The normalized spacial score (nSPS) is 18.2. The molecule has 0 bridgehead atoms. The maximum atomic E-state index is 11.8. The molecule has 0 radical (unpaired) electrons. The topological polar surface area (TPSA) is 92.1 Å². The van der Waals surface area contributed by atoms with Gasteiger partial charge < -0.3 is 4.98 Å². The third kappa shape index (κ3) is 1.73. The minimum atomic E-state index is -1.49. The van der Waals surface area contributed by atoms with E-state index in [9.17, 15) is 9.00 Å². The highest BCUT2D eigenvalue weighted by atomic mass is 32.2. The molecule has 8 heteroatoms. The molecule has 6 nitrogen and oxygen atoms in total. The molecule has 0 saturated carbocycles. The Morgan fingerprint density at radius 1 is 1.59 bits per heavy atom. The van der Waals surface area contributed by atoms with Gasteiger partial charge in [0.1, 0.15) is 4.83 Å². The van der Waals surface area contributed by atoms with Gasteiger partial charge in [-0.15, -0.1) is 11.3 Å². The molecule has 1 aliphatic heterocycles. The van der Waals surface area contributed by atoms with Crippen LogP contribution in [0.1, 0.15) is 10.4 Å². The van der Waals surface area contributed by atoms with Crippen LogP contribution in [0.3, 0.4) is 0 Å². The summed E-state index contributed by atoms with van der Waals surface area (Å²) in [5.41, 5.74) is 0.779. The van der Waals surface area contributed by atoms with Gasteiger partial charge >= 0.3 is 0 Å². The number of rotatable bonds is 1. The summed E-state index contributed by atoms with van der Waals surface area (Å²) in [6, 6.07) is 0. The third-order valence-corrected chi connectivity index (χ3v) is 4.87. The molecule has 17 heavy (non-hydrogen) atoms. The molecule has 1 unspecified atom stereocenters. The molecule has 0 aromatic carbocycles. The fourth-order valence-electron chi connectivity index (χ4n) is 2.05. The van der Waals surface area contributed by atoms with Crippen molar-refractivity contribution in [1.29, 1.82) is 0 Å². The van der Waals surface area contributed by atoms with E-state index < -0.39 is 11.2 Å². The van der Waals surface area contributed by atoms with Gasteiger partial charge in [0.2, 0.25) is 0 Å². The first-order valence-corrected chi connectivity index (χ1v) is 7.04. The molecule has 0 aliphatic carbocycles. The Morgan fingerprint density at radius 3 is 3.18 bits per heavy atom. The van der Waals surface area contributed by atoms with E-state index in [0.29, 0.717) is 18.5 Å². The highest BCUT2D eigenvalue weighted by molar-refractivity contribution is 7.80. The minimum Gasteiger partial charge on any atom is -0.313 e. The summed E-state index contributed by atoms with van der Waals surface area (Å²) in [5.74, 6) is 0. The van der Waals surface area contributed by atoms with E-state index in [1.807, 2.05) is 0 Å². The zero-order valence-corrected chi connectivity index (χ0v) is 10.4. The van der Waals surface area contributed by atoms with Crippen molar-refractivity contribution in [2.75, 3.05) is 6.54 Å². The summed E-state index contributed by atoms with van der Waals surface area (Å²) in [4.78, 5) is 20.4. The fraction of sp³-hybridized carbons (Fsp3) is 0.333. The van der Waals surface area contributed by atoms with Crippen LogP contribution in [-0.4, -0.2) is 25.0 Å². The average molecular weight is 270 g/mol. The number of nitrogens with two attached hydrogens (primary N) is 1. The van der Waals surface area contributed by atoms with Crippen LogP contribution in [0.15, 0.2) is 11.1 Å². The Balaban J connectivity index is 2.20. The number of H-pyrrole nitrogens is 1. The molecule has 90 valence electrons. The predicted octanol–water partition coefficient (Wildman–Crippen LogP) is -0.120. The molecular weight excluding hydrogens is 260 g/mol. The van der Waals surface area contributed by atoms with E-state index in [1.54, 1.807) is 4.31 Å². The van der Waals surface area contributed by atoms with Gasteiger partial charge in [0.25, 0.3) is 5.56 Å². The van der Waals surface area contributed by atoms with Crippen molar-refractivity contribution < 1.29 is 4.21 Å². The molecule has 1 aliphatic rings. The van der Waals surface area contributed by atoms with E-state index in [-0.39, 0.29) is 5.56 Å². The van der Waals surface area contributed by atoms with Gasteiger partial charge in [0.15, 0.2) is 11.2 Å². The van der Waals surface area contributed by atoms with E-state index in [1.165, 1.54) is 17.7 Å². The maximum absolute atomic E-state index is 11.8. The molecule has 0 spiro atoms. The fourth-order valence-corrected chi connectivity index (χ4v) is 3.72. The molecule has 0 fully saturated rings. The lowest BCUT2D eigenvalue weighted by molar-refractivity contribution is 0.426. The summed E-state index contributed by atoms with van der Waals surface area (Å²) >= 11 is 0.0425. The van der Waals surface area contributed by atoms with Gasteiger partial charge in [-0.3, -0.25) is 4.79 Å². The molecule has 1 atom stereocenters. The van der Waals surface area contributed by atoms with Crippen LogP contribution in [0.4, 0.5) is 0 Å². The van der Waals surface area contributed by atoms with Crippen molar-refractivity contribution in [2.45, 2.75) is 13.0 Å². The second-order valence-electron chi connectivity index (χ2n) is 3.81. The van der Waals surface area contributed by atoms with Gasteiger partial charge in [0, 0.05) is 18.0 Å². The zero-order chi connectivity index (χ0) is 12.0. The number of aromatic nitrogens is 2. The number of hydrogen-bond acceptors (Lipinski definition) is 4. The van der Waals surface area contributed by atoms with Gasteiger partial charge in [-0.25, -0.2) is 18.6 Å². The van der Waals surface area contributed by atoms with Gasteiger partial charge in [-0.2, -0.15) is 0 Å². The standard InChI is InChI=1S/C9H10N4O2S2/c10-17(15)13-2-1-6-5(3-13)7-8(14)11-4-12-9(7)16-6/h4H,1-3,10H2,(H,11,12,14). The monoisotopic (exact) mass is 270 g/mol. The smallest absolute Gasteiger partial charge is 0.259 e. The zero-order valence-electron chi connectivity index (χ0n) is 8.80. The largest absolute Gasteiger partial charge is 0.313 e. The van der Waals surface area contributed by atoms with E-state index in [2.05, 4.69) is 9.97 Å². The lowest BCUT2D eigenvalue weighted by Gasteiger charge is -2.23. The van der Waals surface area contributed by atoms with Crippen molar-refractivity contribution in [1.82, 2.24) is 14.3 Å². The lowest BCUT2D eigenvalue weighted by Crippen LogP contribution is -2.35. The second kappa shape index (κ2) is 3.98. The Bertz CT molecular complexity index is 663. The van der Waals surface area contributed by atoms with E-state index in [0.717, 1.165) is 21.7 Å². The molecule has 0 amide bonds. The van der Waals surface area contributed by atoms with Gasteiger partial charge in [-0.1, -0.05) is 0 Å². The van der Waals surface area contributed by atoms with E-state index in [4.69, 9.17) is 5.14 Å². The first-order chi connectivity index (χ1) is 8.16. The molecule has 3 rings (SSSR count). The molecule has 0 saturated heterocycles. The molecule has 2 aromatic rings. The predicted molar refractivity (Wildman–Crippen MR) is 66.7 cm³/mol. The van der Waals surface area contributed by atoms with Gasteiger partial charge in [0.05, 0.1) is 11.7 Å². The summed E-state index contributed by atoms with van der Waals surface area (Å²) in [7, 11) is 0. The molecule has 2 aromatic heterocycles.